The maximum Gasteiger partial charge on any atom is 0.115 e. The highest BCUT2D eigenvalue weighted by atomic mass is 35.5. The first kappa shape index (κ1) is 14.3. The number of aryl methyl sites for hydroxylation is 1. The molecule has 1 aromatic rings. The van der Waals surface area contributed by atoms with E-state index in [0.29, 0.717) is 11.7 Å². The standard InChI is InChI=1S/C14H21NO.ClH/c1-15(2)9-8-11-4-3-5-12-10-13(16)6-7-14(11)12;/h6-7,10-11,16H,3-5,8-9H2,1-2H3;1H. The Morgan fingerprint density at radius 3 is 2.82 bits per heavy atom. The van der Waals surface area contributed by atoms with Crippen molar-refractivity contribution in [1.29, 1.82) is 0 Å². The van der Waals surface area contributed by atoms with Gasteiger partial charge in [0.15, 0.2) is 0 Å². The van der Waals surface area contributed by atoms with Gasteiger partial charge in [0.2, 0.25) is 0 Å². The smallest absolute Gasteiger partial charge is 0.115 e. The van der Waals surface area contributed by atoms with Crippen molar-refractivity contribution in [3.8, 4) is 5.75 Å². The summed E-state index contributed by atoms with van der Waals surface area (Å²) in [5, 5.41) is 9.48. The van der Waals surface area contributed by atoms with Gasteiger partial charge in [-0.05, 0) is 75.5 Å². The number of fused-ring (bicyclic) bond motifs is 1. The number of halogens is 1. The number of rotatable bonds is 3. The number of phenols is 1. The van der Waals surface area contributed by atoms with Crippen LogP contribution in [0.25, 0.3) is 0 Å². The van der Waals surface area contributed by atoms with Gasteiger partial charge in [-0.1, -0.05) is 6.07 Å². The number of nitrogens with zero attached hydrogens (tertiary/aromatic N) is 1. The summed E-state index contributed by atoms with van der Waals surface area (Å²) >= 11 is 0. The van der Waals surface area contributed by atoms with Crippen LogP contribution in [-0.2, 0) is 6.42 Å². The Balaban J connectivity index is 0.00000144. The normalized spacial score (nSPS) is 18.6. The van der Waals surface area contributed by atoms with E-state index in [1.165, 1.54) is 30.4 Å². The van der Waals surface area contributed by atoms with Crippen LogP contribution in [0.2, 0.25) is 0 Å². The third-order valence-corrected chi connectivity index (χ3v) is 3.49. The summed E-state index contributed by atoms with van der Waals surface area (Å²) in [4.78, 5) is 2.24. The third-order valence-electron chi connectivity index (χ3n) is 3.49. The van der Waals surface area contributed by atoms with Crippen LogP contribution in [0.15, 0.2) is 18.2 Å². The predicted octanol–water partition coefficient (Wildman–Crippen LogP) is 3.19. The maximum absolute atomic E-state index is 9.48. The average molecular weight is 256 g/mol. The molecule has 0 radical (unpaired) electrons. The molecule has 1 aliphatic rings. The molecule has 0 amide bonds. The van der Waals surface area contributed by atoms with Crippen LogP contribution in [0.5, 0.6) is 5.75 Å². The first-order chi connectivity index (χ1) is 7.66. The molecule has 0 heterocycles. The van der Waals surface area contributed by atoms with Gasteiger partial charge in [0.1, 0.15) is 5.75 Å². The van der Waals surface area contributed by atoms with Crippen LogP contribution < -0.4 is 0 Å². The van der Waals surface area contributed by atoms with E-state index >= 15 is 0 Å². The summed E-state index contributed by atoms with van der Waals surface area (Å²) in [6.45, 7) is 1.14. The van der Waals surface area contributed by atoms with Gasteiger partial charge in [0.25, 0.3) is 0 Å². The molecule has 0 aromatic heterocycles. The molecule has 1 aromatic carbocycles. The molecular formula is C14H22ClNO. The van der Waals surface area contributed by atoms with E-state index in [-0.39, 0.29) is 12.4 Å². The van der Waals surface area contributed by atoms with Crippen molar-refractivity contribution in [1.82, 2.24) is 4.90 Å². The fourth-order valence-electron chi connectivity index (χ4n) is 2.62. The number of hydrogen-bond donors (Lipinski definition) is 1. The summed E-state index contributed by atoms with van der Waals surface area (Å²) < 4.78 is 0. The summed E-state index contributed by atoms with van der Waals surface area (Å²) in [5.41, 5.74) is 2.82. The van der Waals surface area contributed by atoms with Crippen LogP contribution in [0, 0.1) is 0 Å². The lowest BCUT2D eigenvalue weighted by atomic mass is 9.81. The van der Waals surface area contributed by atoms with Crippen molar-refractivity contribution in [2.75, 3.05) is 20.6 Å². The zero-order valence-corrected chi connectivity index (χ0v) is 11.5. The highest BCUT2D eigenvalue weighted by molar-refractivity contribution is 5.85. The molecule has 0 aliphatic heterocycles. The molecule has 0 fully saturated rings. The summed E-state index contributed by atoms with van der Waals surface area (Å²) in [5.74, 6) is 1.10. The van der Waals surface area contributed by atoms with Crippen LogP contribution >= 0.6 is 12.4 Å². The summed E-state index contributed by atoms with van der Waals surface area (Å²) in [7, 11) is 4.25. The van der Waals surface area contributed by atoms with E-state index in [1.807, 2.05) is 12.1 Å². The lowest BCUT2D eigenvalue weighted by Gasteiger charge is -2.26. The van der Waals surface area contributed by atoms with E-state index < -0.39 is 0 Å². The zero-order chi connectivity index (χ0) is 11.5. The van der Waals surface area contributed by atoms with E-state index in [4.69, 9.17) is 0 Å². The number of hydrogen-bond acceptors (Lipinski definition) is 2. The van der Waals surface area contributed by atoms with Crippen molar-refractivity contribution in [3.05, 3.63) is 29.3 Å². The van der Waals surface area contributed by atoms with Crippen molar-refractivity contribution < 1.29 is 5.11 Å². The van der Waals surface area contributed by atoms with Gasteiger partial charge in [-0.15, -0.1) is 12.4 Å². The molecule has 1 unspecified atom stereocenters. The van der Waals surface area contributed by atoms with Crippen molar-refractivity contribution >= 4 is 12.4 Å². The minimum absolute atomic E-state index is 0. The molecular weight excluding hydrogens is 234 g/mol. The van der Waals surface area contributed by atoms with Crippen LogP contribution in [0.3, 0.4) is 0 Å². The first-order valence-electron chi connectivity index (χ1n) is 6.13. The van der Waals surface area contributed by atoms with Gasteiger partial charge in [0.05, 0.1) is 0 Å². The largest absolute Gasteiger partial charge is 0.508 e. The zero-order valence-electron chi connectivity index (χ0n) is 10.6. The molecule has 0 saturated heterocycles. The topological polar surface area (TPSA) is 23.5 Å². The highest BCUT2D eigenvalue weighted by Gasteiger charge is 2.20. The Kier molecular flexibility index (Phi) is 5.29. The van der Waals surface area contributed by atoms with E-state index in [9.17, 15) is 5.11 Å². The second kappa shape index (κ2) is 6.27. The predicted molar refractivity (Wildman–Crippen MR) is 74.2 cm³/mol. The van der Waals surface area contributed by atoms with E-state index in [0.717, 1.165) is 13.0 Å². The van der Waals surface area contributed by atoms with Gasteiger partial charge < -0.3 is 10.0 Å². The SMILES string of the molecule is CN(C)CCC1CCCc2cc(O)ccc21.Cl. The Morgan fingerprint density at radius 1 is 1.35 bits per heavy atom. The number of benzene rings is 1. The van der Waals surface area contributed by atoms with Crippen molar-refractivity contribution in [3.63, 3.8) is 0 Å². The van der Waals surface area contributed by atoms with Crippen molar-refractivity contribution in [2.24, 2.45) is 0 Å². The Morgan fingerprint density at radius 2 is 2.12 bits per heavy atom. The molecule has 0 spiro atoms. The molecule has 17 heavy (non-hydrogen) atoms. The molecule has 1 aliphatic carbocycles. The lowest BCUT2D eigenvalue weighted by molar-refractivity contribution is 0.367. The molecule has 0 bridgehead atoms. The quantitative estimate of drug-likeness (QED) is 0.897. The molecule has 2 nitrogen and oxygen atoms in total. The summed E-state index contributed by atoms with van der Waals surface area (Å²) in [6.07, 6.45) is 4.91. The molecule has 0 saturated carbocycles. The van der Waals surface area contributed by atoms with Gasteiger partial charge in [-0.3, -0.25) is 0 Å². The third kappa shape index (κ3) is 3.62. The van der Waals surface area contributed by atoms with Gasteiger partial charge in [-0.2, -0.15) is 0 Å². The molecule has 96 valence electrons. The fourth-order valence-corrected chi connectivity index (χ4v) is 2.62. The molecule has 1 N–H and O–H groups in total. The molecule has 2 rings (SSSR count). The van der Waals surface area contributed by atoms with Crippen molar-refractivity contribution in [2.45, 2.75) is 31.6 Å². The van der Waals surface area contributed by atoms with E-state index in [1.54, 1.807) is 0 Å². The Hall–Kier alpha value is -0.730. The lowest BCUT2D eigenvalue weighted by Crippen LogP contribution is -2.18. The minimum Gasteiger partial charge on any atom is -0.508 e. The summed E-state index contributed by atoms with van der Waals surface area (Å²) in [6, 6.07) is 5.88. The average Bonchev–Trinajstić information content (AvgIpc) is 2.25. The highest BCUT2D eigenvalue weighted by Crippen LogP contribution is 2.35. The number of aromatic hydroxyl groups is 1. The van der Waals surface area contributed by atoms with Gasteiger partial charge >= 0.3 is 0 Å². The Bertz CT molecular complexity index is 365. The second-order valence-corrected chi connectivity index (χ2v) is 5.06. The van der Waals surface area contributed by atoms with Gasteiger partial charge in [0, 0.05) is 0 Å². The van der Waals surface area contributed by atoms with Gasteiger partial charge in [-0.25, -0.2) is 0 Å². The minimum atomic E-state index is 0. The van der Waals surface area contributed by atoms with Crippen LogP contribution in [0.1, 0.15) is 36.3 Å². The molecule has 1 atom stereocenters. The monoisotopic (exact) mass is 255 g/mol. The van der Waals surface area contributed by atoms with Crippen LogP contribution in [-0.4, -0.2) is 30.6 Å². The maximum atomic E-state index is 9.48. The Labute approximate surface area is 110 Å². The van der Waals surface area contributed by atoms with Crippen LogP contribution in [0.4, 0.5) is 0 Å². The number of phenolic OH excluding ortho intramolecular Hbond substituents is 1. The fraction of sp³-hybridized carbons (Fsp3) is 0.571. The van der Waals surface area contributed by atoms with E-state index in [2.05, 4.69) is 25.1 Å². The second-order valence-electron chi connectivity index (χ2n) is 5.06. The molecule has 3 heteroatoms. The first-order valence-corrected chi connectivity index (χ1v) is 6.13.